The summed E-state index contributed by atoms with van der Waals surface area (Å²) >= 11 is 6.04. The molecule has 0 saturated carbocycles. The topological polar surface area (TPSA) is 15.3 Å². The number of para-hydroxylation sites is 2. The van der Waals surface area contributed by atoms with Crippen molar-refractivity contribution in [3.63, 3.8) is 0 Å². The fourth-order valence-corrected chi connectivity index (χ4v) is 14.0. The van der Waals surface area contributed by atoms with Gasteiger partial charge in [-0.3, -0.25) is 0 Å². The molecule has 0 aliphatic rings. The molecule has 0 aromatic heterocycles. The summed E-state index contributed by atoms with van der Waals surface area (Å²) in [6.07, 6.45) is 0. The van der Waals surface area contributed by atoms with Gasteiger partial charge in [0, 0.05) is 33.5 Å². The smallest absolute Gasteiger partial charge is 0.0462 e. The molecule has 0 bridgehead atoms. The first-order chi connectivity index (χ1) is 49.0. The summed E-state index contributed by atoms with van der Waals surface area (Å²) in [6.45, 7) is 0. The Morgan fingerprint density at radius 1 is 0.162 bits per heavy atom. The van der Waals surface area contributed by atoms with Gasteiger partial charge in [0.15, 0.2) is 0 Å². The van der Waals surface area contributed by atoms with Crippen molar-refractivity contribution in [1.82, 2.24) is 0 Å². The number of nitrogens with zero attached hydrogens (tertiary/aromatic N) is 1. The zero-order valence-electron chi connectivity index (χ0n) is 54.4. The fraction of sp³-hybridized carbons (Fsp3) is 0. The summed E-state index contributed by atoms with van der Waals surface area (Å²) in [7, 11) is 0. The van der Waals surface area contributed by atoms with Crippen molar-refractivity contribution in [1.29, 1.82) is 0 Å². The molecule has 468 valence electrons. The lowest BCUT2D eigenvalue weighted by Gasteiger charge is -2.26. The van der Waals surface area contributed by atoms with Crippen molar-refractivity contribution < 1.29 is 0 Å². The van der Waals surface area contributed by atoms with Crippen LogP contribution in [-0.4, -0.2) is 0 Å². The van der Waals surface area contributed by atoms with Crippen LogP contribution in [0.3, 0.4) is 0 Å². The van der Waals surface area contributed by atoms with Gasteiger partial charge in [-0.1, -0.05) is 327 Å². The van der Waals surface area contributed by atoms with Crippen molar-refractivity contribution in [2.45, 2.75) is 0 Å². The predicted molar refractivity (Wildman–Crippen MR) is 426 cm³/mol. The average Bonchev–Trinajstić information content (AvgIpc) is 0.754. The summed E-state index contributed by atoms with van der Waals surface area (Å²) < 4.78 is 0. The van der Waals surface area contributed by atoms with Crippen molar-refractivity contribution in [2.24, 2.45) is 0 Å². The van der Waals surface area contributed by atoms with E-state index in [9.17, 15) is 0 Å². The second-order valence-electron chi connectivity index (χ2n) is 24.9. The molecular weight excluding hydrogens is 1220 g/mol. The average molecular weight is 1280 g/mol. The van der Waals surface area contributed by atoms with Crippen LogP contribution in [0.4, 0.5) is 28.4 Å². The summed E-state index contributed by atoms with van der Waals surface area (Å²) in [6, 6.07) is 142. The molecule has 2 nitrogen and oxygen atoms in total. The Morgan fingerprint density at radius 3 is 0.717 bits per heavy atom. The normalized spacial score (nSPS) is 11.1. The molecule has 0 radical (unpaired) electrons. The van der Waals surface area contributed by atoms with E-state index in [1.807, 2.05) is 36.4 Å². The molecule has 99 heavy (non-hydrogen) atoms. The third-order valence-corrected chi connectivity index (χ3v) is 19.1. The van der Waals surface area contributed by atoms with Crippen LogP contribution in [0.1, 0.15) is 0 Å². The van der Waals surface area contributed by atoms with Gasteiger partial charge in [0.25, 0.3) is 0 Å². The van der Waals surface area contributed by atoms with E-state index in [0.717, 1.165) is 33.5 Å². The van der Waals surface area contributed by atoms with Gasteiger partial charge in [-0.25, -0.2) is 0 Å². The molecule has 18 rings (SSSR count). The van der Waals surface area contributed by atoms with Gasteiger partial charge in [-0.05, 0) is 216 Å². The van der Waals surface area contributed by atoms with Crippen LogP contribution in [0.2, 0.25) is 5.02 Å². The van der Waals surface area contributed by atoms with Crippen LogP contribution in [-0.2, 0) is 0 Å². The largest absolute Gasteiger partial charge is 0.356 e. The van der Waals surface area contributed by atoms with Crippen LogP contribution < -0.4 is 10.2 Å². The lowest BCUT2D eigenvalue weighted by Crippen LogP contribution is -2.09. The minimum atomic E-state index is 0.765. The van der Waals surface area contributed by atoms with Gasteiger partial charge < -0.3 is 10.2 Å². The maximum atomic E-state index is 6.04. The molecule has 0 unspecified atom stereocenters. The van der Waals surface area contributed by atoms with Crippen LogP contribution in [0.5, 0.6) is 0 Å². The minimum Gasteiger partial charge on any atom is -0.356 e. The quantitative estimate of drug-likeness (QED) is 0.130. The maximum Gasteiger partial charge on any atom is 0.0462 e. The molecule has 18 aromatic carbocycles. The zero-order chi connectivity index (χ0) is 66.3. The van der Waals surface area contributed by atoms with Gasteiger partial charge >= 0.3 is 0 Å². The molecule has 0 amide bonds. The highest BCUT2D eigenvalue weighted by molar-refractivity contribution is 6.31. The zero-order valence-corrected chi connectivity index (χ0v) is 55.2. The first-order valence-electron chi connectivity index (χ1n) is 33.7. The number of anilines is 5. The first-order valence-corrected chi connectivity index (χ1v) is 34.1. The highest BCUT2D eigenvalue weighted by Crippen LogP contribution is 2.42. The Morgan fingerprint density at radius 2 is 0.374 bits per heavy atom. The van der Waals surface area contributed by atoms with Crippen molar-refractivity contribution in [2.75, 3.05) is 10.2 Å². The number of rotatable bonds is 11. The van der Waals surface area contributed by atoms with Crippen LogP contribution in [0.15, 0.2) is 400 Å². The molecule has 0 atom stereocenters. The van der Waals surface area contributed by atoms with E-state index in [1.165, 1.54) is 131 Å². The fourth-order valence-electron chi connectivity index (χ4n) is 13.9. The number of hydrogen-bond acceptors (Lipinski definition) is 2. The molecule has 0 heterocycles. The Labute approximate surface area is 583 Å². The van der Waals surface area contributed by atoms with E-state index in [-0.39, 0.29) is 0 Å². The highest BCUT2D eigenvalue weighted by atomic mass is 35.5. The standard InChI is InChI=1S/C48H33N.C24H15Cl.C24H19N/c1-3-11-34(12-4-1)35-19-21-36(22-20-35)37-23-28-41(29-24-37)49(40-13-5-2-6-14-40)42-30-25-38(26-31-42)39-27-32-47-45-17-8-7-15-43(45)44-16-9-10-18-46(44)48(47)33-39;25-18-12-9-16(10-13-18)17-11-14-23-21-7-2-1-5-19(21)20-6-3-4-8-22(20)24(23)15-17;1-3-7-19(8-4-1)20-11-13-21(14-12-20)22-15-17-24(18-16-22)25-23-9-5-2-6-10-23/h1-33H;1-15H;1-18,25H. The molecule has 0 aliphatic carbocycles. The lowest BCUT2D eigenvalue weighted by atomic mass is 9.92. The molecule has 0 saturated heterocycles. The molecule has 3 heteroatoms. The second-order valence-corrected chi connectivity index (χ2v) is 25.4. The number of benzene rings is 18. The molecular formula is C96H67ClN2. The van der Waals surface area contributed by atoms with Gasteiger partial charge in [0.05, 0.1) is 0 Å². The molecule has 18 aromatic rings. The third kappa shape index (κ3) is 13.0. The number of halogens is 1. The summed E-state index contributed by atoms with van der Waals surface area (Å²) in [5.41, 5.74) is 20.2. The van der Waals surface area contributed by atoms with Gasteiger partial charge in [-0.2, -0.15) is 0 Å². The van der Waals surface area contributed by atoms with E-state index in [0.29, 0.717) is 0 Å². The second kappa shape index (κ2) is 28.0. The highest BCUT2D eigenvalue weighted by Gasteiger charge is 2.16. The van der Waals surface area contributed by atoms with E-state index in [1.54, 1.807) is 0 Å². The van der Waals surface area contributed by atoms with E-state index < -0.39 is 0 Å². The Bertz CT molecular complexity index is 5740. The summed E-state index contributed by atoms with van der Waals surface area (Å²) in [5, 5.41) is 19.8. The summed E-state index contributed by atoms with van der Waals surface area (Å²) in [5.74, 6) is 0. The van der Waals surface area contributed by atoms with Crippen molar-refractivity contribution >= 4 is 105 Å². The summed E-state index contributed by atoms with van der Waals surface area (Å²) in [4.78, 5) is 2.33. The Kier molecular flexibility index (Phi) is 17.3. The number of fused-ring (bicyclic) bond motifs is 12. The Hall–Kier alpha value is -12.6. The molecule has 0 aliphatic heterocycles. The van der Waals surface area contributed by atoms with E-state index in [2.05, 4.69) is 374 Å². The number of hydrogen-bond donors (Lipinski definition) is 1. The SMILES string of the molecule is Clc1ccc(-c2ccc3c4ccccc4c4ccccc4c3c2)cc1.c1ccc(-c2ccc(-c3ccc(N(c4ccccc4)c4ccc(-c5ccc6c7ccccc7c7ccccc7c6c5)cc4)cc3)cc2)cc1.c1ccc(Nc2ccc(-c3ccc(-c4ccccc4)cc3)cc2)cc1. The van der Waals surface area contributed by atoms with Crippen LogP contribution >= 0.6 is 11.6 Å². The van der Waals surface area contributed by atoms with Gasteiger partial charge in [0.2, 0.25) is 0 Å². The Balaban J connectivity index is 0.000000128. The maximum absolute atomic E-state index is 6.04. The monoisotopic (exact) mass is 1280 g/mol. The third-order valence-electron chi connectivity index (χ3n) is 18.9. The van der Waals surface area contributed by atoms with Gasteiger partial charge in [-0.15, -0.1) is 0 Å². The van der Waals surface area contributed by atoms with E-state index in [4.69, 9.17) is 11.6 Å². The van der Waals surface area contributed by atoms with Crippen molar-refractivity contribution in [3.05, 3.63) is 405 Å². The minimum absolute atomic E-state index is 0.765. The van der Waals surface area contributed by atoms with E-state index >= 15 is 0 Å². The predicted octanol–water partition coefficient (Wildman–Crippen LogP) is 27.8. The molecule has 0 fully saturated rings. The molecule has 0 spiro atoms. The van der Waals surface area contributed by atoms with Crippen LogP contribution in [0, 0.1) is 0 Å². The first kappa shape index (κ1) is 61.3. The van der Waals surface area contributed by atoms with Crippen LogP contribution in [0.25, 0.3) is 131 Å². The number of nitrogens with one attached hydrogen (secondary N) is 1. The lowest BCUT2D eigenvalue weighted by molar-refractivity contribution is 1.28. The molecule has 1 N–H and O–H groups in total. The van der Waals surface area contributed by atoms with Gasteiger partial charge in [0.1, 0.15) is 0 Å². The van der Waals surface area contributed by atoms with Crippen molar-refractivity contribution in [3.8, 4) is 66.8 Å².